The minimum absolute atomic E-state index is 0.0493. The molecule has 0 radical (unpaired) electrons. The highest BCUT2D eigenvalue weighted by atomic mass is 32.1. The second-order valence-corrected chi connectivity index (χ2v) is 4.92. The summed E-state index contributed by atoms with van der Waals surface area (Å²) in [7, 11) is 0. The quantitative estimate of drug-likeness (QED) is 0.598. The number of ketones is 1. The molecule has 0 atom stereocenters. The van der Waals surface area contributed by atoms with Gasteiger partial charge in [-0.3, -0.25) is 9.59 Å². The molecule has 0 spiro atoms. The Morgan fingerprint density at radius 3 is 2.82 bits per heavy atom. The highest BCUT2D eigenvalue weighted by Crippen LogP contribution is 2.17. The third-order valence-electron chi connectivity index (χ3n) is 2.28. The molecule has 3 nitrogen and oxygen atoms in total. The fourth-order valence-corrected chi connectivity index (χ4v) is 2.25. The maximum absolute atomic E-state index is 11.3. The molecular formula is C13H17NO2S. The highest BCUT2D eigenvalue weighted by molar-refractivity contribution is 7.14. The molecule has 0 aliphatic rings. The molecule has 0 aliphatic heterocycles. The maximum Gasteiger partial charge on any atom is 0.220 e. The van der Waals surface area contributed by atoms with Gasteiger partial charge >= 0.3 is 0 Å². The van der Waals surface area contributed by atoms with Gasteiger partial charge in [-0.05, 0) is 31.9 Å². The Morgan fingerprint density at radius 1 is 1.47 bits per heavy atom. The number of rotatable bonds is 7. The summed E-state index contributed by atoms with van der Waals surface area (Å²) >= 11 is 1.49. The van der Waals surface area contributed by atoms with E-state index in [2.05, 4.69) is 11.9 Å². The third-order valence-corrected chi connectivity index (χ3v) is 3.52. The van der Waals surface area contributed by atoms with Crippen LogP contribution >= 0.6 is 11.3 Å². The molecule has 1 rings (SSSR count). The van der Waals surface area contributed by atoms with E-state index in [1.165, 1.54) is 11.3 Å². The summed E-state index contributed by atoms with van der Waals surface area (Å²) in [5, 5.41) is 2.84. The van der Waals surface area contributed by atoms with E-state index in [1.54, 1.807) is 13.0 Å². The Balaban J connectivity index is 2.28. The number of hydrogen-bond donors (Lipinski definition) is 1. The Hall–Kier alpha value is -1.42. The van der Waals surface area contributed by atoms with Crippen molar-refractivity contribution in [2.24, 2.45) is 0 Å². The van der Waals surface area contributed by atoms with Crippen molar-refractivity contribution < 1.29 is 9.59 Å². The summed E-state index contributed by atoms with van der Waals surface area (Å²) in [4.78, 5) is 24.3. The molecule has 1 heterocycles. The fraction of sp³-hybridized carbons (Fsp3) is 0.385. The Kier molecular flexibility index (Phi) is 5.63. The third kappa shape index (κ3) is 4.95. The van der Waals surface area contributed by atoms with Crippen LogP contribution in [0.5, 0.6) is 0 Å². The minimum Gasteiger partial charge on any atom is -0.356 e. The first-order valence-electron chi connectivity index (χ1n) is 5.60. The summed E-state index contributed by atoms with van der Waals surface area (Å²) in [6.45, 7) is 5.75. The van der Waals surface area contributed by atoms with Gasteiger partial charge in [0.25, 0.3) is 0 Å². The average molecular weight is 251 g/mol. The monoisotopic (exact) mass is 251 g/mol. The van der Waals surface area contributed by atoms with Crippen molar-refractivity contribution in [3.05, 3.63) is 34.5 Å². The van der Waals surface area contributed by atoms with E-state index in [0.717, 1.165) is 16.2 Å². The van der Waals surface area contributed by atoms with E-state index in [1.807, 2.05) is 12.1 Å². The van der Waals surface area contributed by atoms with Crippen molar-refractivity contribution in [1.82, 2.24) is 5.32 Å². The van der Waals surface area contributed by atoms with E-state index in [0.29, 0.717) is 19.4 Å². The van der Waals surface area contributed by atoms with E-state index in [-0.39, 0.29) is 11.7 Å². The molecule has 4 heteroatoms. The Labute approximate surface area is 106 Å². The molecular weight excluding hydrogens is 234 g/mol. The smallest absolute Gasteiger partial charge is 0.220 e. The predicted molar refractivity (Wildman–Crippen MR) is 70.5 cm³/mol. The lowest BCUT2D eigenvalue weighted by Crippen LogP contribution is -2.24. The Bertz CT molecular complexity index is 409. The standard InChI is InChI=1S/C13H17NO2S/c1-3-4-5-13(16)14-9-8-11-6-7-12(17-11)10(2)15/h3,6-7H,1,4-5,8-9H2,2H3,(H,14,16). The number of allylic oxidation sites excluding steroid dienone is 1. The maximum atomic E-state index is 11.3. The minimum atomic E-state index is 0.0493. The summed E-state index contributed by atoms with van der Waals surface area (Å²) in [5.74, 6) is 0.143. The molecule has 0 saturated heterocycles. The van der Waals surface area contributed by atoms with Crippen molar-refractivity contribution >= 4 is 23.0 Å². The molecule has 1 N–H and O–H groups in total. The van der Waals surface area contributed by atoms with E-state index < -0.39 is 0 Å². The number of carbonyl (C=O) groups excluding carboxylic acids is 2. The summed E-state index contributed by atoms with van der Waals surface area (Å²) < 4.78 is 0. The van der Waals surface area contributed by atoms with E-state index in [4.69, 9.17) is 0 Å². The van der Waals surface area contributed by atoms with Crippen molar-refractivity contribution in [3.63, 3.8) is 0 Å². The topological polar surface area (TPSA) is 46.2 Å². The first-order valence-corrected chi connectivity index (χ1v) is 6.42. The number of carbonyl (C=O) groups is 2. The molecule has 0 bridgehead atoms. The van der Waals surface area contributed by atoms with Gasteiger partial charge in [-0.2, -0.15) is 0 Å². The van der Waals surface area contributed by atoms with Crippen molar-refractivity contribution in [2.45, 2.75) is 26.2 Å². The fourth-order valence-electron chi connectivity index (χ4n) is 1.35. The second-order valence-electron chi connectivity index (χ2n) is 3.75. The number of nitrogens with one attached hydrogen (secondary N) is 1. The lowest BCUT2D eigenvalue weighted by molar-refractivity contribution is -0.120. The summed E-state index contributed by atoms with van der Waals surface area (Å²) in [5.41, 5.74) is 0. The van der Waals surface area contributed by atoms with Crippen LogP contribution in [0.1, 0.15) is 34.3 Å². The molecule has 1 aromatic heterocycles. The average Bonchev–Trinajstić information content (AvgIpc) is 2.75. The lowest BCUT2D eigenvalue weighted by Gasteiger charge is -2.02. The largest absolute Gasteiger partial charge is 0.356 e. The first kappa shape index (κ1) is 13.6. The molecule has 0 fully saturated rings. The molecule has 1 aromatic rings. The summed E-state index contributed by atoms with van der Waals surface area (Å²) in [6, 6.07) is 3.78. The molecule has 0 unspecified atom stereocenters. The lowest BCUT2D eigenvalue weighted by atomic mass is 10.3. The zero-order valence-corrected chi connectivity index (χ0v) is 10.8. The first-order chi connectivity index (χ1) is 8.13. The van der Waals surface area contributed by atoms with Crippen LogP contribution in [0.25, 0.3) is 0 Å². The van der Waals surface area contributed by atoms with Gasteiger partial charge in [-0.15, -0.1) is 17.9 Å². The van der Waals surface area contributed by atoms with Crippen LogP contribution in [0, 0.1) is 0 Å². The number of Topliss-reactive ketones (excluding diaryl/α,β-unsaturated/α-hetero) is 1. The highest BCUT2D eigenvalue weighted by Gasteiger charge is 2.04. The molecule has 0 aromatic carbocycles. The van der Waals surface area contributed by atoms with Crippen LogP contribution in [-0.2, 0) is 11.2 Å². The number of hydrogen-bond acceptors (Lipinski definition) is 3. The van der Waals surface area contributed by atoms with Crippen LogP contribution in [-0.4, -0.2) is 18.2 Å². The van der Waals surface area contributed by atoms with Crippen molar-refractivity contribution in [3.8, 4) is 0 Å². The predicted octanol–water partition coefficient (Wildman–Crippen LogP) is 2.58. The van der Waals surface area contributed by atoms with Crippen molar-refractivity contribution in [2.75, 3.05) is 6.54 Å². The molecule has 1 amide bonds. The zero-order valence-electron chi connectivity index (χ0n) is 9.99. The van der Waals surface area contributed by atoms with Crippen LogP contribution in [0.2, 0.25) is 0 Å². The van der Waals surface area contributed by atoms with E-state index >= 15 is 0 Å². The van der Waals surface area contributed by atoms with Gasteiger partial charge in [0.1, 0.15) is 0 Å². The van der Waals surface area contributed by atoms with Gasteiger partial charge in [0.2, 0.25) is 5.91 Å². The van der Waals surface area contributed by atoms with Crippen molar-refractivity contribution in [1.29, 1.82) is 0 Å². The van der Waals surface area contributed by atoms with Crippen LogP contribution < -0.4 is 5.32 Å². The van der Waals surface area contributed by atoms with E-state index in [9.17, 15) is 9.59 Å². The van der Waals surface area contributed by atoms with Gasteiger partial charge in [0.05, 0.1) is 4.88 Å². The van der Waals surface area contributed by atoms with Crippen LogP contribution in [0.3, 0.4) is 0 Å². The van der Waals surface area contributed by atoms with Crippen LogP contribution in [0.4, 0.5) is 0 Å². The van der Waals surface area contributed by atoms with Crippen LogP contribution in [0.15, 0.2) is 24.8 Å². The number of thiophene rings is 1. The van der Waals surface area contributed by atoms with Gasteiger partial charge in [0.15, 0.2) is 5.78 Å². The SMILES string of the molecule is C=CCCC(=O)NCCc1ccc(C(C)=O)s1. The van der Waals surface area contributed by atoms with Gasteiger partial charge < -0.3 is 5.32 Å². The molecule has 17 heavy (non-hydrogen) atoms. The molecule has 0 aliphatic carbocycles. The normalized spacial score (nSPS) is 9.94. The zero-order chi connectivity index (χ0) is 12.7. The Morgan fingerprint density at radius 2 is 2.24 bits per heavy atom. The molecule has 92 valence electrons. The second kappa shape index (κ2) is 7.01. The van der Waals surface area contributed by atoms with Gasteiger partial charge in [0, 0.05) is 17.8 Å². The summed E-state index contributed by atoms with van der Waals surface area (Å²) in [6.07, 6.45) is 3.71. The number of amides is 1. The van der Waals surface area contributed by atoms with Gasteiger partial charge in [-0.1, -0.05) is 6.08 Å². The van der Waals surface area contributed by atoms with Gasteiger partial charge in [-0.25, -0.2) is 0 Å². The molecule has 0 saturated carbocycles.